The molecule has 8 heteroatoms. The Balaban J connectivity index is 1.90. The van der Waals surface area contributed by atoms with E-state index in [4.69, 9.17) is 9.15 Å². The number of rotatable bonds is 6. The number of methoxy groups -OCH3 is 1. The second-order valence-electron chi connectivity index (χ2n) is 7.84. The molecule has 33 heavy (non-hydrogen) atoms. The van der Waals surface area contributed by atoms with Crippen LogP contribution in [0.1, 0.15) is 22.9 Å². The highest BCUT2D eigenvalue weighted by Crippen LogP contribution is 2.42. The van der Waals surface area contributed by atoms with Crippen LogP contribution >= 0.6 is 0 Å². The first-order chi connectivity index (χ1) is 15.8. The van der Waals surface area contributed by atoms with Crippen molar-refractivity contribution < 1.29 is 28.2 Å². The molecule has 7 nitrogen and oxygen atoms in total. The molecule has 1 amide bonds. The number of ketones is 1. The molecule has 0 radical (unpaired) electrons. The van der Waals surface area contributed by atoms with Gasteiger partial charge < -0.3 is 24.1 Å². The van der Waals surface area contributed by atoms with Crippen LogP contribution in [0.25, 0.3) is 5.76 Å². The van der Waals surface area contributed by atoms with Gasteiger partial charge in [0.25, 0.3) is 11.7 Å². The predicted octanol–water partition coefficient (Wildman–Crippen LogP) is 4.12. The van der Waals surface area contributed by atoms with E-state index < -0.39 is 29.3 Å². The van der Waals surface area contributed by atoms with E-state index in [-0.39, 0.29) is 23.4 Å². The zero-order chi connectivity index (χ0) is 23.7. The van der Waals surface area contributed by atoms with Crippen molar-refractivity contribution in [1.82, 2.24) is 4.90 Å². The van der Waals surface area contributed by atoms with Crippen LogP contribution in [0.3, 0.4) is 0 Å². The first kappa shape index (κ1) is 22.1. The lowest BCUT2D eigenvalue weighted by molar-refractivity contribution is -0.140. The topological polar surface area (TPSA) is 83.2 Å². The molecule has 2 heterocycles. The van der Waals surface area contributed by atoms with Crippen LogP contribution in [-0.2, 0) is 16.1 Å². The lowest BCUT2D eigenvalue weighted by atomic mass is 9.94. The number of ether oxygens (including phenoxy) is 1. The molecule has 1 aromatic heterocycles. The zero-order valence-electron chi connectivity index (χ0n) is 18.4. The molecule has 1 N–H and O–H groups in total. The van der Waals surface area contributed by atoms with Gasteiger partial charge in [-0.15, -0.1) is 0 Å². The van der Waals surface area contributed by atoms with Gasteiger partial charge in [-0.2, -0.15) is 0 Å². The summed E-state index contributed by atoms with van der Waals surface area (Å²) in [5, 5.41) is 11.2. The van der Waals surface area contributed by atoms with E-state index in [1.807, 2.05) is 31.1 Å². The van der Waals surface area contributed by atoms with E-state index in [1.165, 1.54) is 30.4 Å². The lowest BCUT2D eigenvalue weighted by Crippen LogP contribution is -2.29. The summed E-state index contributed by atoms with van der Waals surface area (Å²) >= 11 is 0. The first-order valence-electron chi connectivity index (χ1n) is 10.2. The third-order valence-corrected chi connectivity index (χ3v) is 5.59. The van der Waals surface area contributed by atoms with Crippen LogP contribution in [-0.4, -0.2) is 42.9 Å². The van der Waals surface area contributed by atoms with Gasteiger partial charge in [0.15, 0.2) is 0 Å². The predicted molar refractivity (Wildman–Crippen MR) is 120 cm³/mol. The number of hydrogen-bond donors (Lipinski definition) is 1. The fourth-order valence-corrected chi connectivity index (χ4v) is 3.93. The van der Waals surface area contributed by atoms with Crippen LogP contribution in [0.5, 0.6) is 5.75 Å². The average Bonchev–Trinajstić information content (AvgIpc) is 3.41. The van der Waals surface area contributed by atoms with E-state index >= 15 is 0 Å². The molecular formula is C25H23FN2O5. The van der Waals surface area contributed by atoms with E-state index in [9.17, 15) is 19.1 Å². The highest BCUT2D eigenvalue weighted by Gasteiger charge is 2.46. The fraction of sp³-hybridized carbons (Fsp3) is 0.200. The van der Waals surface area contributed by atoms with Gasteiger partial charge in [0.05, 0.1) is 37.1 Å². The minimum absolute atomic E-state index is 0.0107. The Labute approximate surface area is 190 Å². The van der Waals surface area contributed by atoms with Gasteiger partial charge in [-0.3, -0.25) is 9.59 Å². The van der Waals surface area contributed by atoms with Crippen molar-refractivity contribution in [3.63, 3.8) is 0 Å². The molecule has 1 atom stereocenters. The number of nitrogens with zero attached hydrogens (tertiary/aromatic N) is 2. The van der Waals surface area contributed by atoms with E-state index in [2.05, 4.69) is 0 Å². The summed E-state index contributed by atoms with van der Waals surface area (Å²) in [7, 11) is 5.17. The summed E-state index contributed by atoms with van der Waals surface area (Å²) in [5.74, 6) is -2.12. The number of aliphatic hydroxyl groups is 1. The van der Waals surface area contributed by atoms with Gasteiger partial charge in [-0.05, 0) is 48.0 Å². The van der Waals surface area contributed by atoms with E-state index in [1.54, 1.807) is 24.3 Å². The third kappa shape index (κ3) is 4.07. The van der Waals surface area contributed by atoms with Crippen LogP contribution in [0, 0.1) is 5.82 Å². The Bertz CT molecular complexity index is 1220. The summed E-state index contributed by atoms with van der Waals surface area (Å²) in [4.78, 5) is 29.4. The summed E-state index contributed by atoms with van der Waals surface area (Å²) < 4.78 is 24.6. The Kier molecular flexibility index (Phi) is 5.91. The van der Waals surface area contributed by atoms with Crippen molar-refractivity contribution in [2.75, 3.05) is 26.1 Å². The molecule has 1 fully saturated rings. The molecule has 1 unspecified atom stereocenters. The Morgan fingerprint density at radius 3 is 2.48 bits per heavy atom. The maximum atomic E-state index is 14.0. The molecule has 0 aliphatic carbocycles. The van der Waals surface area contributed by atoms with Crippen molar-refractivity contribution in [3.8, 4) is 5.75 Å². The largest absolute Gasteiger partial charge is 0.507 e. The van der Waals surface area contributed by atoms with Crippen molar-refractivity contribution in [3.05, 3.63) is 89.1 Å². The third-order valence-electron chi connectivity index (χ3n) is 5.59. The number of hydrogen-bond acceptors (Lipinski definition) is 6. The number of halogens is 1. The number of Topliss-reactive ketones (excluding diaryl/α,β-unsaturated/α-hetero) is 1. The highest BCUT2D eigenvalue weighted by atomic mass is 19.1. The van der Waals surface area contributed by atoms with Gasteiger partial charge in [0.1, 0.15) is 23.1 Å². The van der Waals surface area contributed by atoms with E-state index in [0.717, 1.165) is 11.8 Å². The van der Waals surface area contributed by atoms with Crippen LogP contribution < -0.4 is 9.64 Å². The minimum Gasteiger partial charge on any atom is -0.507 e. The first-order valence-corrected chi connectivity index (χ1v) is 10.2. The van der Waals surface area contributed by atoms with Gasteiger partial charge in [0.2, 0.25) is 0 Å². The quantitative estimate of drug-likeness (QED) is 0.346. The summed E-state index contributed by atoms with van der Waals surface area (Å²) in [6, 6.07) is 13.4. The van der Waals surface area contributed by atoms with Crippen molar-refractivity contribution >= 4 is 23.1 Å². The normalized spacial score (nSPS) is 17.5. The summed E-state index contributed by atoms with van der Waals surface area (Å²) in [5.41, 5.74) is 1.38. The molecule has 1 aliphatic rings. The number of furan rings is 1. The molecule has 1 saturated heterocycles. The molecule has 0 saturated carbocycles. The van der Waals surface area contributed by atoms with Gasteiger partial charge in [-0.1, -0.05) is 12.1 Å². The Hall–Kier alpha value is -4.07. The molecule has 1 aliphatic heterocycles. The van der Waals surface area contributed by atoms with Crippen LogP contribution in [0.4, 0.5) is 10.1 Å². The summed E-state index contributed by atoms with van der Waals surface area (Å²) in [6.45, 7) is 0.0226. The fourth-order valence-electron chi connectivity index (χ4n) is 3.93. The number of carbonyl (C=O) groups is 2. The average molecular weight is 450 g/mol. The standard InChI is InChI=1S/C25H23FN2O5/c1-27(2)17-9-6-15(7-10-17)22-21(23(29)19-13-16(26)8-11-20(19)32-3)24(30)25(31)28(22)14-18-5-4-12-33-18/h4-13,22,29H,14H2,1-3H3/b23-21+. The summed E-state index contributed by atoms with van der Waals surface area (Å²) in [6.07, 6.45) is 1.48. The molecule has 4 rings (SSSR count). The number of carbonyl (C=O) groups excluding carboxylic acids is 2. The van der Waals surface area contributed by atoms with Crippen molar-refractivity contribution in [1.29, 1.82) is 0 Å². The molecule has 0 bridgehead atoms. The van der Waals surface area contributed by atoms with Crippen molar-refractivity contribution in [2.24, 2.45) is 0 Å². The number of benzene rings is 2. The molecule has 0 spiro atoms. The maximum absolute atomic E-state index is 14.0. The van der Waals surface area contributed by atoms with Gasteiger partial charge in [-0.25, -0.2) is 4.39 Å². The smallest absolute Gasteiger partial charge is 0.296 e. The maximum Gasteiger partial charge on any atom is 0.296 e. The zero-order valence-corrected chi connectivity index (χ0v) is 18.4. The van der Waals surface area contributed by atoms with E-state index in [0.29, 0.717) is 11.3 Å². The molecule has 170 valence electrons. The number of anilines is 1. The SMILES string of the molecule is COc1ccc(F)cc1/C(O)=C1\C(=O)C(=O)N(Cc2ccco2)C1c1ccc(N(C)C)cc1. The second-order valence-corrected chi connectivity index (χ2v) is 7.84. The molecule has 2 aromatic carbocycles. The monoisotopic (exact) mass is 450 g/mol. The molecular weight excluding hydrogens is 427 g/mol. The lowest BCUT2D eigenvalue weighted by Gasteiger charge is -2.25. The number of amides is 1. The second kappa shape index (κ2) is 8.82. The van der Waals surface area contributed by atoms with Gasteiger partial charge >= 0.3 is 0 Å². The van der Waals surface area contributed by atoms with Gasteiger partial charge in [0, 0.05) is 19.8 Å². The molecule has 3 aromatic rings. The number of likely N-dealkylation sites (tertiary alicyclic amines) is 1. The minimum atomic E-state index is -0.903. The Morgan fingerprint density at radius 1 is 1.15 bits per heavy atom. The Morgan fingerprint density at radius 2 is 1.88 bits per heavy atom. The number of aliphatic hydroxyl groups excluding tert-OH is 1. The highest BCUT2D eigenvalue weighted by molar-refractivity contribution is 6.46. The van der Waals surface area contributed by atoms with Crippen LogP contribution in [0.15, 0.2) is 70.9 Å². The van der Waals surface area contributed by atoms with Crippen molar-refractivity contribution in [2.45, 2.75) is 12.6 Å². The van der Waals surface area contributed by atoms with Crippen LogP contribution in [0.2, 0.25) is 0 Å².